The highest BCUT2D eigenvalue weighted by Gasteiger charge is 2.14. The molecule has 0 unspecified atom stereocenters. The highest BCUT2D eigenvalue weighted by atomic mass is 79.9. The Hall–Kier alpha value is -2.10. The lowest BCUT2D eigenvalue weighted by molar-refractivity contribution is 0.0959. The SMILES string of the molecule is C#CCNC(=O)c1ccccc1NC(=O)c1ccc(Br)s1. The average molecular weight is 363 g/mol. The predicted molar refractivity (Wildman–Crippen MR) is 87.6 cm³/mol. The lowest BCUT2D eigenvalue weighted by atomic mass is 10.1. The Kier molecular flexibility index (Phi) is 5.14. The van der Waals surface area contributed by atoms with E-state index in [0.29, 0.717) is 16.1 Å². The third kappa shape index (κ3) is 3.94. The van der Waals surface area contributed by atoms with Gasteiger partial charge in [-0.25, -0.2) is 0 Å². The number of terminal acetylenes is 1. The molecule has 0 atom stereocenters. The summed E-state index contributed by atoms with van der Waals surface area (Å²) in [6, 6.07) is 10.3. The van der Waals surface area contributed by atoms with Crippen molar-refractivity contribution in [1.82, 2.24) is 5.32 Å². The van der Waals surface area contributed by atoms with E-state index < -0.39 is 0 Å². The number of thiophene rings is 1. The molecule has 1 aromatic carbocycles. The fourth-order valence-corrected chi connectivity index (χ4v) is 2.92. The number of hydrogen-bond donors (Lipinski definition) is 2. The molecular weight excluding hydrogens is 352 g/mol. The minimum absolute atomic E-state index is 0.138. The molecule has 0 saturated heterocycles. The molecule has 2 aromatic rings. The molecule has 2 amide bonds. The molecule has 21 heavy (non-hydrogen) atoms. The molecule has 6 heteroatoms. The number of halogens is 1. The zero-order chi connectivity index (χ0) is 15.2. The van der Waals surface area contributed by atoms with Gasteiger partial charge in [-0.15, -0.1) is 17.8 Å². The van der Waals surface area contributed by atoms with E-state index in [-0.39, 0.29) is 18.4 Å². The molecule has 2 N–H and O–H groups in total. The van der Waals surface area contributed by atoms with Gasteiger partial charge in [-0.3, -0.25) is 9.59 Å². The minimum atomic E-state index is -0.323. The number of carbonyl (C=O) groups is 2. The van der Waals surface area contributed by atoms with Gasteiger partial charge in [0.05, 0.1) is 26.5 Å². The summed E-state index contributed by atoms with van der Waals surface area (Å²) < 4.78 is 0.868. The van der Waals surface area contributed by atoms with E-state index in [0.717, 1.165) is 3.79 Å². The van der Waals surface area contributed by atoms with Gasteiger partial charge in [0.1, 0.15) is 0 Å². The summed E-state index contributed by atoms with van der Waals surface area (Å²) in [7, 11) is 0. The summed E-state index contributed by atoms with van der Waals surface area (Å²) in [5.74, 6) is 1.75. The van der Waals surface area contributed by atoms with Gasteiger partial charge in [-0.05, 0) is 40.2 Å². The first kappa shape index (κ1) is 15.3. The number of rotatable bonds is 4. The van der Waals surface area contributed by atoms with Crippen LogP contribution in [0.2, 0.25) is 0 Å². The molecule has 0 fully saturated rings. The molecule has 0 saturated carbocycles. The van der Waals surface area contributed by atoms with Crippen LogP contribution in [0.25, 0.3) is 0 Å². The van der Waals surface area contributed by atoms with Crippen molar-refractivity contribution in [1.29, 1.82) is 0 Å². The Morgan fingerprint density at radius 1 is 1.19 bits per heavy atom. The van der Waals surface area contributed by atoms with Crippen molar-refractivity contribution in [2.75, 3.05) is 11.9 Å². The first-order valence-electron chi connectivity index (χ1n) is 5.99. The summed E-state index contributed by atoms with van der Waals surface area (Å²) in [6.07, 6.45) is 5.11. The van der Waals surface area contributed by atoms with Crippen molar-refractivity contribution in [2.24, 2.45) is 0 Å². The largest absolute Gasteiger partial charge is 0.341 e. The van der Waals surface area contributed by atoms with E-state index in [4.69, 9.17) is 6.42 Å². The van der Waals surface area contributed by atoms with E-state index in [9.17, 15) is 9.59 Å². The van der Waals surface area contributed by atoms with Crippen molar-refractivity contribution in [2.45, 2.75) is 0 Å². The van der Waals surface area contributed by atoms with E-state index in [1.165, 1.54) is 11.3 Å². The zero-order valence-corrected chi connectivity index (χ0v) is 13.3. The topological polar surface area (TPSA) is 58.2 Å². The van der Waals surface area contributed by atoms with Crippen LogP contribution in [-0.2, 0) is 0 Å². The van der Waals surface area contributed by atoms with Crippen LogP contribution in [0.1, 0.15) is 20.0 Å². The molecule has 0 aliphatic carbocycles. The second-order valence-corrected chi connectivity index (χ2v) is 6.45. The first-order chi connectivity index (χ1) is 10.1. The fourth-order valence-electron chi connectivity index (χ4n) is 1.64. The quantitative estimate of drug-likeness (QED) is 0.820. The molecule has 0 radical (unpaired) electrons. The molecule has 0 aliphatic rings. The van der Waals surface area contributed by atoms with Crippen LogP contribution in [0.4, 0.5) is 5.69 Å². The summed E-state index contributed by atoms with van der Waals surface area (Å²) in [5, 5.41) is 5.31. The van der Waals surface area contributed by atoms with Gasteiger partial charge in [0.15, 0.2) is 0 Å². The third-order valence-electron chi connectivity index (χ3n) is 2.57. The Morgan fingerprint density at radius 3 is 2.62 bits per heavy atom. The van der Waals surface area contributed by atoms with Gasteiger partial charge in [0.2, 0.25) is 0 Å². The molecular formula is C15H11BrN2O2S. The van der Waals surface area contributed by atoms with Crippen LogP contribution in [0.5, 0.6) is 0 Å². The second kappa shape index (κ2) is 7.07. The van der Waals surface area contributed by atoms with Crippen LogP contribution in [0.3, 0.4) is 0 Å². The number of anilines is 1. The van der Waals surface area contributed by atoms with Crippen LogP contribution in [-0.4, -0.2) is 18.4 Å². The van der Waals surface area contributed by atoms with E-state index in [2.05, 4.69) is 32.5 Å². The Morgan fingerprint density at radius 2 is 1.95 bits per heavy atom. The second-order valence-electron chi connectivity index (χ2n) is 3.99. The van der Waals surface area contributed by atoms with Crippen LogP contribution in [0.15, 0.2) is 40.2 Å². The van der Waals surface area contributed by atoms with Gasteiger partial charge in [0.25, 0.3) is 11.8 Å². The van der Waals surface area contributed by atoms with E-state index in [1.807, 2.05) is 0 Å². The van der Waals surface area contributed by atoms with E-state index >= 15 is 0 Å². The molecule has 0 aliphatic heterocycles. The molecule has 0 spiro atoms. The van der Waals surface area contributed by atoms with Gasteiger partial charge < -0.3 is 10.6 Å². The number of hydrogen-bond acceptors (Lipinski definition) is 3. The average Bonchev–Trinajstić information content (AvgIpc) is 2.92. The van der Waals surface area contributed by atoms with Gasteiger partial charge in [0, 0.05) is 0 Å². The maximum atomic E-state index is 12.1. The summed E-state index contributed by atoms with van der Waals surface area (Å²) in [5.41, 5.74) is 0.818. The highest BCUT2D eigenvalue weighted by molar-refractivity contribution is 9.11. The Labute approximate surface area is 134 Å². The number of nitrogens with one attached hydrogen (secondary N) is 2. The number of carbonyl (C=O) groups excluding carboxylic acids is 2. The maximum Gasteiger partial charge on any atom is 0.265 e. The number of amides is 2. The van der Waals surface area contributed by atoms with Crippen LogP contribution >= 0.6 is 27.3 Å². The first-order valence-corrected chi connectivity index (χ1v) is 7.60. The standard InChI is InChI=1S/C15H11BrN2O2S/c1-2-9-17-14(19)10-5-3-4-6-11(10)18-15(20)12-7-8-13(16)21-12/h1,3-8H,9H2,(H,17,19)(H,18,20). The van der Waals surface area contributed by atoms with Crippen molar-refractivity contribution in [3.8, 4) is 12.3 Å². The molecule has 1 heterocycles. The van der Waals surface area contributed by atoms with Crippen molar-refractivity contribution < 1.29 is 9.59 Å². The highest BCUT2D eigenvalue weighted by Crippen LogP contribution is 2.23. The molecule has 0 bridgehead atoms. The molecule has 106 valence electrons. The lowest BCUT2D eigenvalue weighted by Crippen LogP contribution is -2.25. The summed E-state index contributed by atoms with van der Waals surface area (Å²) >= 11 is 4.63. The lowest BCUT2D eigenvalue weighted by Gasteiger charge is -2.09. The van der Waals surface area contributed by atoms with Crippen molar-refractivity contribution >= 4 is 44.8 Å². The molecule has 2 rings (SSSR count). The normalized spacial score (nSPS) is 9.71. The summed E-state index contributed by atoms with van der Waals surface area (Å²) in [4.78, 5) is 24.7. The monoisotopic (exact) mass is 362 g/mol. The number of benzene rings is 1. The number of para-hydroxylation sites is 1. The predicted octanol–water partition coefficient (Wildman–Crippen LogP) is 3.13. The maximum absolute atomic E-state index is 12.1. The third-order valence-corrected chi connectivity index (χ3v) is 4.19. The minimum Gasteiger partial charge on any atom is -0.341 e. The fraction of sp³-hybridized carbons (Fsp3) is 0.0667. The zero-order valence-electron chi connectivity index (χ0n) is 10.9. The smallest absolute Gasteiger partial charge is 0.265 e. The van der Waals surface area contributed by atoms with Crippen LogP contribution < -0.4 is 10.6 Å². The van der Waals surface area contributed by atoms with Crippen LogP contribution in [0, 0.1) is 12.3 Å². The van der Waals surface area contributed by atoms with Crippen molar-refractivity contribution in [3.05, 3.63) is 50.6 Å². The van der Waals surface area contributed by atoms with Crippen molar-refractivity contribution in [3.63, 3.8) is 0 Å². The Balaban J connectivity index is 2.19. The molecule has 1 aromatic heterocycles. The van der Waals surface area contributed by atoms with E-state index in [1.54, 1.807) is 36.4 Å². The van der Waals surface area contributed by atoms with Gasteiger partial charge in [-0.1, -0.05) is 18.1 Å². The Bertz CT molecular complexity index is 718. The molecule has 4 nitrogen and oxygen atoms in total. The van der Waals surface area contributed by atoms with Gasteiger partial charge in [-0.2, -0.15) is 0 Å². The van der Waals surface area contributed by atoms with Gasteiger partial charge >= 0.3 is 0 Å². The summed E-state index contributed by atoms with van der Waals surface area (Å²) in [6.45, 7) is 0.138.